The fourth-order valence-electron chi connectivity index (χ4n) is 3.55. The van der Waals surface area contributed by atoms with Gasteiger partial charge in [0.1, 0.15) is 5.82 Å². The van der Waals surface area contributed by atoms with E-state index in [1.54, 1.807) is 12.1 Å². The van der Waals surface area contributed by atoms with Crippen LogP contribution in [0.15, 0.2) is 60.7 Å². The monoisotopic (exact) mass is 364 g/mol. The molecule has 3 nitrogen and oxygen atoms in total. The second-order valence-electron chi connectivity index (χ2n) is 6.87. The molecule has 2 aromatic carbocycles. The minimum absolute atomic E-state index is 0.0725. The molecule has 0 unspecified atom stereocenters. The largest absolute Gasteiger partial charge is 0.352 e. The lowest BCUT2D eigenvalue weighted by Gasteiger charge is -2.19. The van der Waals surface area contributed by atoms with E-state index in [-0.39, 0.29) is 17.8 Å². The molecule has 1 amide bonds. The number of hydrogen-bond donors (Lipinski definition) is 1. The second-order valence-corrected chi connectivity index (χ2v) is 6.87. The number of carbonyl (C=O) groups excluding carboxylic acids is 1. The summed E-state index contributed by atoms with van der Waals surface area (Å²) in [7, 11) is 0. The molecule has 0 aliphatic heterocycles. The first-order valence-electron chi connectivity index (χ1n) is 9.23. The van der Waals surface area contributed by atoms with Gasteiger partial charge in [-0.2, -0.15) is 0 Å². The average molecular weight is 364 g/mol. The Balaban J connectivity index is 1.69. The number of nitrogens with zero attached hydrogens (tertiary/aromatic N) is 1. The maximum Gasteiger partial charge on any atom is 0.253 e. The van der Waals surface area contributed by atoms with Crippen LogP contribution in [0.25, 0.3) is 0 Å². The van der Waals surface area contributed by atoms with E-state index in [0.717, 1.165) is 17.0 Å². The molecular weight excluding hydrogens is 339 g/mol. The number of aromatic nitrogens is 1. The maximum atomic E-state index is 13.0. The first-order chi connectivity index (χ1) is 13.0. The summed E-state index contributed by atoms with van der Waals surface area (Å²) in [6.07, 6.45) is 0.672. The Kier molecular flexibility index (Phi) is 5.75. The SMILES string of the molecule is Cc1cc(C(=O)NCCc2ccc(F)cc2)c(C)n1[C@H](C)c1ccccc1. The molecule has 1 aromatic heterocycles. The van der Waals surface area contributed by atoms with Crippen LogP contribution in [-0.4, -0.2) is 17.0 Å². The third-order valence-electron chi connectivity index (χ3n) is 5.01. The van der Waals surface area contributed by atoms with E-state index < -0.39 is 0 Å². The van der Waals surface area contributed by atoms with Gasteiger partial charge in [-0.05, 0) is 56.5 Å². The molecule has 140 valence electrons. The lowest BCUT2D eigenvalue weighted by molar-refractivity contribution is 0.0953. The van der Waals surface area contributed by atoms with Crippen LogP contribution in [0.5, 0.6) is 0 Å². The predicted octanol–water partition coefficient (Wildman–Crippen LogP) is 4.83. The number of benzene rings is 2. The van der Waals surface area contributed by atoms with Crippen molar-refractivity contribution in [3.63, 3.8) is 0 Å². The van der Waals surface area contributed by atoms with Gasteiger partial charge in [-0.15, -0.1) is 0 Å². The zero-order valence-electron chi connectivity index (χ0n) is 16.0. The average Bonchev–Trinajstić information content (AvgIpc) is 2.97. The van der Waals surface area contributed by atoms with Crippen LogP contribution in [0.4, 0.5) is 4.39 Å². The Labute approximate surface area is 159 Å². The van der Waals surface area contributed by atoms with E-state index in [2.05, 4.69) is 28.9 Å². The summed E-state index contributed by atoms with van der Waals surface area (Å²) in [5.41, 5.74) is 4.94. The molecule has 0 saturated carbocycles. The number of nitrogens with one attached hydrogen (secondary N) is 1. The minimum atomic E-state index is -0.247. The molecule has 1 atom stereocenters. The van der Waals surface area contributed by atoms with Gasteiger partial charge >= 0.3 is 0 Å². The number of rotatable bonds is 6. The van der Waals surface area contributed by atoms with Crippen molar-refractivity contribution in [3.05, 3.63) is 94.6 Å². The van der Waals surface area contributed by atoms with E-state index in [1.165, 1.54) is 17.7 Å². The molecule has 0 aliphatic rings. The third kappa shape index (κ3) is 4.27. The van der Waals surface area contributed by atoms with Gasteiger partial charge < -0.3 is 9.88 Å². The molecule has 1 heterocycles. The van der Waals surface area contributed by atoms with Gasteiger partial charge in [-0.25, -0.2) is 4.39 Å². The number of halogens is 1. The van der Waals surface area contributed by atoms with E-state index in [0.29, 0.717) is 18.5 Å². The molecular formula is C23H25FN2O. The van der Waals surface area contributed by atoms with Gasteiger partial charge in [-0.3, -0.25) is 4.79 Å². The molecule has 3 aromatic rings. The highest BCUT2D eigenvalue weighted by molar-refractivity contribution is 5.95. The summed E-state index contributed by atoms with van der Waals surface area (Å²) in [5.74, 6) is -0.320. The molecule has 0 bridgehead atoms. The predicted molar refractivity (Wildman–Crippen MR) is 107 cm³/mol. The molecule has 27 heavy (non-hydrogen) atoms. The summed E-state index contributed by atoms with van der Waals surface area (Å²) >= 11 is 0. The highest BCUT2D eigenvalue weighted by Crippen LogP contribution is 2.25. The third-order valence-corrected chi connectivity index (χ3v) is 5.01. The topological polar surface area (TPSA) is 34.0 Å². The van der Waals surface area contributed by atoms with Crippen molar-refractivity contribution in [2.75, 3.05) is 6.54 Å². The van der Waals surface area contributed by atoms with Crippen LogP contribution in [0.2, 0.25) is 0 Å². The zero-order chi connectivity index (χ0) is 19.4. The Morgan fingerprint density at radius 3 is 2.41 bits per heavy atom. The van der Waals surface area contributed by atoms with Gasteiger partial charge in [-0.1, -0.05) is 42.5 Å². The summed E-state index contributed by atoms with van der Waals surface area (Å²) in [5, 5.41) is 2.98. The van der Waals surface area contributed by atoms with Crippen molar-refractivity contribution in [1.82, 2.24) is 9.88 Å². The van der Waals surface area contributed by atoms with Crippen LogP contribution < -0.4 is 5.32 Å². The van der Waals surface area contributed by atoms with E-state index in [9.17, 15) is 9.18 Å². The van der Waals surface area contributed by atoms with Gasteiger partial charge in [0.15, 0.2) is 0 Å². The number of hydrogen-bond acceptors (Lipinski definition) is 1. The Hall–Kier alpha value is -2.88. The van der Waals surface area contributed by atoms with Crippen molar-refractivity contribution in [2.45, 2.75) is 33.2 Å². The standard InChI is InChI=1S/C23H25FN2O/c1-16-15-22(18(3)26(16)17(2)20-7-5-4-6-8-20)23(27)25-14-13-19-9-11-21(24)12-10-19/h4-12,15,17H,13-14H2,1-3H3,(H,25,27)/t17-/m1/s1. The first kappa shape index (κ1) is 18.9. The molecule has 0 aliphatic carbocycles. The van der Waals surface area contributed by atoms with Gasteiger partial charge in [0.05, 0.1) is 11.6 Å². The first-order valence-corrected chi connectivity index (χ1v) is 9.23. The van der Waals surface area contributed by atoms with Crippen LogP contribution in [0.3, 0.4) is 0 Å². The van der Waals surface area contributed by atoms with E-state index in [1.807, 2.05) is 38.1 Å². The van der Waals surface area contributed by atoms with Gasteiger partial charge in [0.2, 0.25) is 0 Å². The quantitative estimate of drug-likeness (QED) is 0.668. The molecule has 0 radical (unpaired) electrons. The van der Waals surface area contributed by atoms with Gasteiger partial charge in [0.25, 0.3) is 5.91 Å². The normalized spacial score (nSPS) is 12.0. The van der Waals surface area contributed by atoms with E-state index >= 15 is 0 Å². The highest BCUT2D eigenvalue weighted by Gasteiger charge is 2.19. The fourth-order valence-corrected chi connectivity index (χ4v) is 3.55. The summed E-state index contributed by atoms with van der Waals surface area (Å²) in [6.45, 7) is 6.68. The molecule has 0 spiro atoms. The van der Waals surface area contributed by atoms with Crippen molar-refractivity contribution in [1.29, 1.82) is 0 Å². The van der Waals surface area contributed by atoms with Crippen LogP contribution in [-0.2, 0) is 6.42 Å². The van der Waals surface area contributed by atoms with Crippen LogP contribution in [0.1, 0.15) is 45.8 Å². The number of carbonyl (C=O) groups is 1. The molecule has 3 rings (SSSR count). The maximum absolute atomic E-state index is 13.0. The molecule has 0 saturated heterocycles. The van der Waals surface area contributed by atoms with Crippen molar-refractivity contribution in [2.24, 2.45) is 0 Å². The van der Waals surface area contributed by atoms with Gasteiger partial charge in [0, 0.05) is 17.9 Å². The van der Waals surface area contributed by atoms with E-state index in [4.69, 9.17) is 0 Å². The lowest BCUT2D eigenvalue weighted by atomic mass is 10.1. The van der Waals surface area contributed by atoms with Crippen LogP contribution in [0, 0.1) is 19.7 Å². The molecule has 1 N–H and O–H groups in total. The van der Waals surface area contributed by atoms with Crippen molar-refractivity contribution >= 4 is 5.91 Å². The van der Waals surface area contributed by atoms with Crippen LogP contribution >= 0.6 is 0 Å². The zero-order valence-corrected chi connectivity index (χ0v) is 16.0. The van der Waals surface area contributed by atoms with Crippen molar-refractivity contribution in [3.8, 4) is 0 Å². The Morgan fingerprint density at radius 2 is 1.74 bits per heavy atom. The molecule has 0 fully saturated rings. The lowest BCUT2D eigenvalue weighted by Crippen LogP contribution is -2.26. The number of amides is 1. The van der Waals surface area contributed by atoms with Crippen molar-refractivity contribution < 1.29 is 9.18 Å². The second kappa shape index (κ2) is 8.21. The highest BCUT2D eigenvalue weighted by atomic mass is 19.1. The summed E-state index contributed by atoms with van der Waals surface area (Å²) < 4.78 is 15.2. The smallest absolute Gasteiger partial charge is 0.253 e. The number of aryl methyl sites for hydroxylation is 1. The summed E-state index contributed by atoms with van der Waals surface area (Å²) in [6, 6.07) is 18.7. The summed E-state index contributed by atoms with van der Waals surface area (Å²) in [4.78, 5) is 12.7. The Morgan fingerprint density at radius 1 is 1.07 bits per heavy atom. The Bertz CT molecular complexity index is 914. The molecule has 4 heteroatoms. The minimum Gasteiger partial charge on any atom is -0.352 e. The fraction of sp³-hybridized carbons (Fsp3) is 0.261.